The largest absolute Gasteiger partial charge is 0.478 e. The Balaban J connectivity index is 2.86. The summed E-state index contributed by atoms with van der Waals surface area (Å²) in [5, 5.41) is 23.2. The van der Waals surface area contributed by atoms with Gasteiger partial charge in [0.1, 0.15) is 0 Å². The number of carbonyl (C=O) groups is 3. The van der Waals surface area contributed by atoms with Crippen LogP contribution in [0.15, 0.2) is 18.2 Å². The number of rotatable bonds is 7. The van der Waals surface area contributed by atoms with Gasteiger partial charge in [0, 0.05) is 5.69 Å². The van der Waals surface area contributed by atoms with Gasteiger partial charge in [0.25, 0.3) is 0 Å². The SMILES string of the molecule is CCCNCC(=O)Nc1cc(C(=O)O)cc(C(=O)O)c1. The topological polar surface area (TPSA) is 116 Å². The molecule has 7 nitrogen and oxygen atoms in total. The molecule has 0 bridgehead atoms. The van der Waals surface area contributed by atoms with E-state index in [9.17, 15) is 14.4 Å². The number of hydrogen-bond donors (Lipinski definition) is 4. The van der Waals surface area contributed by atoms with Gasteiger partial charge in [-0.3, -0.25) is 4.79 Å². The second-order valence-corrected chi connectivity index (χ2v) is 4.13. The summed E-state index contributed by atoms with van der Waals surface area (Å²) in [5.74, 6) is -2.88. The van der Waals surface area contributed by atoms with Crippen LogP contribution in [-0.4, -0.2) is 41.1 Å². The third kappa shape index (κ3) is 4.69. The highest BCUT2D eigenvalue weighted by molar-refractivity contribution is 5.98. The molecule has 0 aliphatic carbocycles. The fourth-order valence-electron chi connectivity index (χ4n) is 1.53. The van der Waals surface area contributed by atoms with Crippen molar-refractivity contribution in [3.05, 3.63) is 29.3 Å². The van der Waals surface area contributed by atoms with Crippen LogP contribution in [0.5, 0.6) is 0 Å². The van der Waals surface area contributed by atoms with Gasteiger partial charge in [0.05, 0.1) is 17.7 Å². The van der Waals surface area contributed by atoms with Gasteiger partial charge < -0.3 is 20.8 Å². The van der Waals surface area contributed by atoms with E-state index in [2.05, 4.69) is 10.6 Å². The molecule has 0 radical (unpaired) electrons. The summed E-state index contributed by atoms with van der Waals surface area (Å²) in [5.41, 5.74) is -0.242. The van der Waals surface area contributed by atoms with Crippen molar-refractivity contribution in [1.29, 1.82) is 0 Å². The van der Waals surface area contributed by atoms with Gasteiger partial charge in [-0.2, -0.15) is 0 Å². The quantitative estimate of drug-likeness (QED) is 0.554. The van der Waals surface area contributed by atoms with E-state index in [1.54, 1.807) is 0 Å². The van der Waals surface area contributed by atoms with Crippen molar-refractivity contribution in [2.75, 3.05) is 18.4 Å². The summed E-state index contributed by atoms with van der Waals surface area (Å²) in [6, 6.07) is 3.47. The zero-order valence-corrected chi connectivity index (χ0v) is 11.0. The van der Waals surface area contributed by atoms with Gasteiger partial charge in [0.15, 0.2) is 0 Å². The smallest absolute Gasteiger partial charge is 0.335 e. The van der Waals surface area contributed by atoms with Crippen LogP contribution < -0.4 is 10.6 Å². The minimum atomic E-state index is -1.26. The molecule has 0 saturated carbocycles. The third-order valence-electron chi connectivity index (χ3n) is 2.42. The van der Waals surface area contributed by atoms with E-state index < -0.39 is 11.9 Å². The molecule has 108 valence electrons. The minimum absolute atomic E-state index is 0.0769. The zero-order valence-electron chi connectivity index (χ0n) is 11.0. The van der Waals surface area contributed by atoms with Gasteiger partial charge in [-0.25, -0.2) is 9.59 Å². The second kappa shape index (κ2) is 7.25. The number of carbonyl (C=O) groups excluding carboxylic acids is 1. The van der Waals surface area contributed by atoms with E-state index in [1.807, 2.05) is 6.92 Å². The molecule has 0 spiro atoms. The van der Waals surface area contributed by atoms with E-state index in [4.69, 9.17) is 10.2 Å². The van der Waals surface area contributed by atoms with Crippen LogP contribution in [0.4, 0.5) is 5.69 Å². The first-order valence-corrected chi connectivity index (χ1v) is 6.06. The average Bonchev–Trinajstić information content (AvgIpc) is 2.38. The van der Waals surface area contributed by atoms with E-state index >= 15 is 0 Å². The van der Waals surface area contributed by atoms with Crippen LogP contribution in [0.3, 0.4) is 0 Å². The first-order valence-electron chi connectivity index (χ1n) is 6.06. The van der Waals surface area contributed by atoms with Crippen molar-refractivity contribution < 1.29 is 24.6 Å². The molecule has 1 aromatic carbocycles. The summed E-state index contributed by atoms with van der Waals surface area (Å²) in [6.45, 7) is 2.72. The molecule has 1 rings (SSSR count). The highest BCUT2D eigenvalue weighted by Crippen LogP contribution is 2.15. The lowest BCUT2D eigenvalue weighted by molar-refractivity contribution is -0.115. The lowest BCUT2D eigenvalue weighted by Crippen LogP contribution is -2.28. The molecule has 1 aromatic rings. The molecule has 4 N–H and O–H groups in total. The molecule has 0 atom stereocenters. The highest BCUT2D eigenvalue weighted by atomic mass is 16.4. The van der Waals surface area contributed by atoms with Gasteiger partial charge in [-0.1, -0.05) is 6.92 Å². The molecule has 0 saturated heterocycles. The first-order chi connectivity index (χ1) is 9.43. The summed E-state index contributed by atoms with van der Waals surface area (Å²) in [6.07, 6.45) is 0.880. The van der Waals surface area contributed by atoms with Crippen molar-refractivity contribution in [2.45, 2.75) is 13.3 Å². The van der Waals surface area contributed by atoms with Gasteiger partial charge in [0.2, 0.25) is 5.91 Å². The van der Waals surface area contributed by atoms with Gasteiger partial charge in [-0.15, -0.1) is 0 Å². The molecule has 20 heavy (non-hydrogen) atoms. The Morgan fingerprint density at radius 2 is 1.60 bits per heavy atom. The molecular formula is C13H16N2O5. The monoisotopic (exact) mass is 280 g/mol. The van der Waals surface area contributed by atoms with Crippen LogP contribution in [0, 0.1) is 0 Å². The average molecular weight is 280 g/mol. The predicted molar refractivity (Wildman–Crippen MR) is 72.2 cm³/mol. The molecule has 0 aliphatic rings. The van der Waals surface area contributed by atoms with Crippen molar-refractivity contribution in [2.24, 2.45) is 0 Å². The van der Waals surface area contributed by atoms with Crippen LogP contribution >= 0.6 is 0 Å². The zero-order chi connectivity index (χ0) is 15.1. The standard InChI is InChI=1S/C13H16N2O5/c1-2-3-14-7-11(16)15-10-5-8(12(17)18)4-9(6-10)13(19)20/h4-6,14H,2-3,7H2,1H3,(H,15,16)(H,17,18)(H,19,20). The second-order valence-electron chi connectivity index (χ2n) is 4.13. The lowest BCUT2D eigenvalue weighted by Gasteiger charge is -2.08. The number of benzene rings is 1. The molecule has 0 heterocycles. The summed E-state index contributed by atoms with van der Waals surface area (Å²) >= 11 is 0. The summed E-state index contributed by atoms with van der Waals surface area (Å²) < 4.78 is 0. The Labute approximate surface area is 115 Å². The van der Waals surface area contributed by atoms with Crippen molar-refractivity contribution >= 4 is 23.5 Å². The number of carboxylic acids is 2. The molecule has 7 heteroatoms. The number of aromatic carboxylic acids is 2. The number of nitrogens with one attached hydrogen (secondary N) is 2. The lowest BCUT2D eigenvalue weighted by atomic mass is 10.1. The molecule has 0 unspecified atom stereocenters. The maximum atomic E-state index is 11.6. The Morgan fingerprint density at radius 3 is 2.05 bits per heavy atom. The van der Waals surface area contributed by atoms with Crippen molar-refractivity contribution in [3.63, 3.8) is 0 Å². The van der Waals surface area contributed by atoms with Gasteiger partial charge >= 0.3 is 11.9 Å². The van der Waals surface area contributed by atoms with E-state index in [-0.39, 0.29) is 29.3 Å². The van der Waals surface area contributed by atoms with E-state index in [0.717, 1.165) is 12.5 Å². The Kier molecular flexibility index (Phi) is 5.67. The highest BCUT2D eigenvalue weighted by Gasteiger charge is 2.12. The fraction of sp³-hybridized carbons (Fsp3) is 0.308. The maximum Gasteiger partial charge on any atom is 0.335 e. The molecule has 0 aliphatic heterocycles. The number of hydrogen-bond acceptors (Lipinski definition) is 4. The third-order valence-corrected chi connectivity index (χ3v) is 2.42. The first kappa shape index (κ1) is 15.6. The normalized spacial score (nSPS) is 10.1. The minimum Gasteiger partial charge on any atom is -0.478 e. The van der Waals surface area contributed by atoms with Crippen LogP contribution in [0.2, 0.25) is 0 Å². The Bertz CT molecular complexity index is 495. The van der Waals surface area contributed by atoms with E-state index in [1.165, 1.54) is 12.1 Å². The molecule has 0 fully saturated rings. The van der Waals surface area contributed by atoms with Crippen molar-refractivity contribution in [3.8, 4) is 0 Å². The Morgan fingerprint density at radius 1 is 1.05 bits per heavy atom. The van der Waals surface area contributed by atoms with Crippen LogP contribution in [0.25, 0.3) is 0 Å². The summed E-state index contributed by atoms with van der Waals surface area (Å²) in [4.78, 5) is 33.4. The van der Waals surface area contributed by atoms with Crippen LogP contribution in [-0.2, 0) is 4.79 Å². The van der Waals surface area contributed by atoms with Crippen molar-refractivity contribution in [1.82, 2.24) is 5.32 Å². The molecular weight excluding hydrogens is 264 g/mol. The maximum absolute atomic E-state index is 11.6. The number of anilines is 1. The van der Waals surface area contributed by atoms with Crippen LogP contribution in [0.1, 0.15) is 34.1 Å². The fourth-order valence-corrected chi connectivity index (χ4v) is 1.53. The number of amides is 1. The Hall–Kier alpha value is -2.41. The van der Waals surface area contributed by atoms with E-state index in [0.29, 0.717) is 6.54 Å². The molecule has 1 amide bonds. The molecule has 0 aromatic heterocycles. The number of carboxylic acid groups (broad SMARTS) is 2. The summed E-state index contributed by atoms with van der Waals surface area (Å²) in [7, 11) is 0. The predicted octanol–water partition coefficient (Wildman–Crippen LogP) is 1.02. The van der Waals surface area contributed by atoms with Gasteiger partial charge in [-0.05, 0) is 31.2 Å².